The minimum absolute atomic E-state index is 0.0290. The number of nitrogens with zero attached hydrogens (tertiary/aromatic N) is 6. The lowest BCUT2D eigenvalue weighted by Gasteiger charge is -2.06. The highest BCUT2D eigenvalue weighted by molar-refractivity contribution is 5.87. The van der Waals surface area contributed by atoms with Gasteiger partial charge in [0.05, 0.1) is 18.3 Å². The highest BCUT2D eigenvalue weighted by Crippen LogP contribution is 2.28. The van der Waals surface area contributed by atoms with E-state index in [1.807, 2.05) is 18.2 Å². The second-order valence-electron chi connectivity index (χ2n) is 7.12. The number of aromatic nitrogens is 6. The lowest BCUT2D eigenvalue weighted by Crippen LogP contribution is -2.05. The number of hydrogen-bond donors (Lipinski definition) is 1. The lowest BCUT2D eigenvalue weighted by atomic mass is 10.1. The van der Waals surface area contributed by atoms with Crippen molar-refractivity contribution in [3.63, 3.8) is 0 Å². The molecule has 8 nitrogen and oxygen atoms in total. The van der Waals surface area contributed by atoms with Crippen molar-refractivity contribution in [3.8, 4) is 22.7 Å². The molecule has 2 N–H and O–H groups in total. The monoisotopic (exact) mass is 455 g/mol. The molecule has 0 aliphatic carbocycles. The predicted molar refractivity (Wildman–Crippen MR) is 109 cm³/mol. The van der Waals surface area contributed by atoms with Gasteiger partial charge in [-0.2, -0.15) is 8.78 Å². The number of nitrogen functional groups attached to an aromatic ring is 1. The number of alkyl halides is 2. The molecule has 3 aromatic heterocycles. The van der Waals surface area contributed by atoms with Gasteiger partial charge in [-0.05, 0) is 23.6 Å². The molecule has 33 heavy (non-hydrogen) atoms. The van der Waals surface area contributed by atoms with Crippen LogP contribution in [0.3, 0.4) is 0 Å². The maximum absolute atomic E-state index is 14.6. The largest absolute Gasteiger partial charge is 0.415 e. The molecule has 0 atom stereocenters. The summed E-state index contributed by atoms with van der Waals surface area (Å²) >= 11 is 0. The van der Waals surface area contributed by atoms with Gasteiger partial charge in [-0.15, -0.1) is 15.3 Å². The molecule has 0 unspecified atom stereocenters. The Labute approximate surface area is 182 Å². The average molecular weight is 455 g/mol. The number of anilines is 1. The van der Waals surface area contributed by atoms with E-state index in [1.165, 1.54) is 16.8 Å². The fourth-order valence-corrected chi connectivity index (χ4v) is 3.31. The van der Waals surface area contributed by atoms with Crippen LogP contribution in [0.1, 0.15) is 17.9 Å². The summed E-state index contributed by atoms with van der Waals surface area (Å²) in [5.41, 5.74) is 6.57. The fraction of sp³-hybridized carbons (Fsp3) is 0.0952. The standard InChI is InChI=1S/C21H13F4N7O/c22-17-12(3-4-14(18(17)23)20-29-30-21(33-20)19(24)25)8-32-9-15(28-31-32)10-1-2-11-7-27-16(26)6-13(11)5-10/h1-7,9,19H,8H2,(H2,26,27). The van der Waals surface area contributed by atoms with Gasteiger partial charge in [-0.1, -0.05) is 23.4 Å². The summed E-state index contributed by atoms with van der Waals surface area (Å²) in [4.78, 5) is 4.04. The van der Waals surface area contributed by atoms with Gasteiger partial charge in [-0.25, -0.2) is 18.4 Å². The molecule has 0 aliphatic heterocycles. The van der Waals surface area contributed by atoms with E-state index in [-0.39, 0.29) is 12.1 Å². The number of nitrogens with two attached hydrogens (primary N) is 1. The van der Waals surface area contributed by atoms with E-state index in [9.17, 15) is 17.6 Å². The van der Waals surface area contributed by atoms with E-state index in [0.29, 0.717) is 11.5 Å². The van der Waals surface area contributed by atoms with Gasteiger partial charge >= 0.3 is 6.43 Å². The Balaban J connectivity index is 1.40. The van der Waals surface area contributed by atoms with Gasteiger partial charge in [0.2, 0.25) is 0 Å². The zero-order valence-corrected chi connectivity index (χ0v) is 16.6. The molecule has 0 saturated heterocycles. The van der Waals surface area contributed by atoms with Crippen molar-refractivity contribution in [1.82, 2.24) is 30.2 Å². The van der Waals surface area contributed by atoms with Crippen LogP contribution in [0.5, 0.6) is 0 Å². The molecule has 0 bridgehead atoms. The summed E-state index contributed by atoms with van der Waals surface area (Å²) in [6.07, 6.45) is 0.232. The van der Waals surface area contributed by atoms with Crippen LogP contribution in [-0.2, 0) is 6.54 Å². The van der Waals surface area contributed by atoms with Crippen LogP contribution in [-0.4, -0.2) is 30.2 Å². The van der Waals surface area contributed by atoms with Crippen LogP contribution in [0.15, 0.2) is 53.2 Å². The first-order chi connectivity index (χ1) is 15.9. The summed E-state index contributed by atoms with van der Waals surface area (Å²) in [6.45, 7) is -0.118. The summed E-state index contributed by atoms with van der Waals surface area (Å²) in [7, 11) is 0. The molecule has 5 rings (SSSR count). The minimum Gasteiger partial charge on any atom is -0.415 e. The predicted octanol–water partition coefficient (Wildman–Crippen LogP) is 4.39. The molecular formula is C21H13F4N7O. The van der Waals surface area contributed by atoms with Gasteiger partial charge in [0.15, 0.2) is 11.6 Å². The van der Waals surface area contributed by atoms with Gasteiger partial charge < -0.3 is 10.2 Å². The fourth-order valence-electron chi connectivity index (χ4n) is 3.31. The lowest BCUT2D eigenvalue weighted by molar-refractivity contribution is 0.116. The minimum atomic E-state index is -3.02. The maximum Gasteiger partial charge on any atom is 0.314 e. The zero-order valence-electron chi connectivity index (χ0n) is 16.6. The summed E-state index contributed by atoms with van der Waals surface area (Å²) in [6, 6.07) is 9.76. The first-order valence-corrected chi connectivity index (χ1v) is 9.53. The topological polar surface area (TPSA) is 109 Å². The molecule has 12 heteroatoms. The van der Waals surface area contributed by atoms with E-state index < -0.39 is 35.4 Å². The second kappa shape index (κ2) is 7.97. The second-order valence-corrected chi connectivity index (χ2v) is 7.12. The number of hydrogen-bond acceptors (Lipinski definition) is 7. The number of halogens is 4. The van der Waals surface area contributed by atoms with E-state index in [2.05, 4.69) is 25.5 Å². The summed E-state index contributed by atoms with van der Waals surface area (Å²) < 4.78 is 60.5. The normalized spacial score (nSPS) is 11.5. The number of fused-ring (bicyclic) bond motifs is 1. The molecule has 0 amide bonds. The maximum atomic E-state index is 14.6. The van der Waals surface area contributed by atoms with E-state index in [1.54, 1.807) is 18.5 Å². The first-order valence-electron chi connectivity index (χ1n) is 9.53. The summed E-state index contributed by atoms with van der Waals surface area (Å²) in [5.74, 6) is -3.61. The SMILES string of the molecule is Nc1cc2cc(-c3cn(Cc4ccc(-c5nnc(C(F)F)o5)c(F)c4F)nn3)ccc2cn1. The smallest absolute Gasteiger partial charge is 0.314 e. The Morgan fingerprint density at radius 3 is 2.61 bits per heavy atom. The first kappa shape index (κ1) is 20.5. The van der Waals surface area contributed by atoms with Crippen molar-refractivity contribution in [3.05, 3.63) is 71.9 Å². The van der Waals surface area contributed by atoms with Crippen molar-refractivity contribution < 1.29 is 22.0 Å². The number of pyridine rings is 1. The van der Waals surface area contributed by atoms with E-state index in [0.717, 1.165) is 16.3 Å². The van der Waals surface area contributed by atoms with Crippen molar-refractivity contribution in [2.45, 2.75) is 13.0 Å². The average Bonchev–Trinajstić information content (AvgIpc) is 3.47. The Hall–Kier alpha value is -4.35. The third kappa shape index (κ3) is 3.86. The Kier molecular flexibility index (Phi) is 4.96. The van der Waals surface area contributed by atoms with Crippen molar-refractivity contribution in [2.75, 3.05) is 5.73 Å². The van der Waals surface area contributed by atoms with Gasteiger partial charge in [0, 0.05) is 22.7 Å². The number of benzene rings is 2. The van der Waals surface area contributed by atoms with Crippen LogP contribution >= 0.6 is 0 Å². The van der Waals surface area contributed by atoms with Crippen molar-refractivity contribution in [1.29, 1.82) is 0 Å². The molecule has 0 fully saturated rings. The highest BCUT2D eigenvalue weighted by Gasteiger charge is 2.22. The van der Waals surface area contributed by atoms with Crippen LogP contribution in [0.25, 0.3) is 33.5 Å². The van der Waals surface area contributed by atoms with E-state index in [4.69, 9.17) is 10.2 Å². The van der Waals surface area contributed by atoms with E-state index >= 15 is 0 Å². The quantitative estimate of drug-likeness (QED) is 0.392. The molecule has 0 aliphatic rings. The molecule has 0 saturated carbocycles. The molecule has 0 spiro atoms. The Morgan fingerprint density at radius 2 is 1.82 bits per heavy atom. The molecular weight excluding hydrogens is 442 g/mol. The van der Waals surface area contributed by atoms with Crippen LogP contribution < -0.4 is 5.73 Å². The van der Waals surface area contributed by atoms with Crippen molar-refractivity contribution in [2.24, 2.45) is 0 Å². The Morgan fingerprint density at radius 1 is 0.970 bits per heavy atom. The van der Waals surface area contributed by atoms with Crippen LogP contribution in [0.2, 0.25) is 0 Å². The third-order valence-corrected chi connectivity index (χ3v) is 4.93. The van der Waals surface area contributed by atoms with Crippen LogP contribution in [0.4, 0.5) is 23.4 Å². The molecule has 166 valence electrons. The molecule has 0 radical (unpaired) electrons. The zero-order chi connectivity index (χ0) is 23.1. The van der Waals surface area contributed by atoms with Crippen LogP contribution in [0, 0.1) is 11.6 Å². The molecule has 2 aromatic carbocycles. The van der Waals surface area contributed by atoms with Crippen molar-refractivity contribution >= 4 is 16.6 Å². The molecule has 3 heterocycles. The Bertz CT molecular complexity index is 1480. The number of rotatable bonds is 5. The summed E-state index contributed by atoms with van der Waals surface area (Å²) in [5, 5.41) is 16.3. The van der Waals surface area contributed by atoms with Gasteiger partial charge in [-0.3, -0.25) is 0 Å². The third-order valence-electron chi connectivity index (χ3n) is 4.93. The van der Waals surface area contributed by atoms with Gasteiger partial charge in [0.1, 0.15) is 11.5 Å². The van der Waals surface area contributed by atoms with Gasteiger partial charge in [0.25, 0.3) is 11.8 Å². The molecule has 5 aromatic rings. The highest BCUT2D eigenvalue weighted by atomic mass is 19.3.